The molecule has 0 atom stereocenters. The van der Waals surface area contributed by atoms with E-state index in [0.29, 0.717) is 13.2 Å². The predicted octanol–water partition coefficient (Wildman–Crippen LogP) is -0.0518. The van der Waals surface area contributed by atoms with Crippen LogP contribution in [0.4, 0.5) is 11.5 Å². The van der Waals surface area contributed by atoms with Gasteiger partial charge in [-0.05, 0) is 9.91 Å². The normalized spacial score (nSPS) is 9.94. The average Bonchev–Trinajstić information content (AvgIpc) is 2.29. The van der Waals surface area contributed by atoms with Crippen LogP contribution in [0.3, 0.4) is 0 Å². The van der Waals surface area contributed by atoms with Gasteiger partial charge in [0.1, 0.15) is 0 Å². The maximum Gasteiger partial charge on any atom is 0.364 e. The summed E-state index contributed by atoms with van der Waals surface area (Å²) in [6, 6.07) is 1.04. The summed E-state index contributed by atoms with van der Waals surface area (Å²) in [5, 5.41) is 13.0. The molecule has 8 heteroatoms. The van der Waals surface area contributed by atoms with Crippen molar-refractivity contribution >= 4 is 17.4 Å². The highest BCUT2D eigenvalue weighted by molar-refractivity contribution is 5.99. The van der Waals surface area contributed by atoms with Gasteiger partial charge in [-0.25, -0.2) is 0 Å². The monoisotopic (exact) mass is 240 g/mol. The summed E-state index contributed by atoms with van der Waals surface area (Å²) in [5.41, 5.74) is 5.64. The van der Waals surface area contributed by atoms with E-state index >= 15 is 0 Å². The maximum absolute atomic E-state index is 11.6. The standard InChI is InChI=1S/C9H12N4O4/c1-17-3-2-11-9(14)6-4-8(13(15)16)12-5-7(6)10/h4-5H,2-3,10H2,1H3,(H,11,14). The summed E-state index contributed by atoms with van der Waals surface area (Å²) in [7, 11) is 1.50. The number of hydrogen-bond donors (Lipinski definition) is 2. The topological polar surface area (TPSA) is 120 Å². The van der Waals surface area contributed by atoms with E-state index in [-0.39, 0.29) is 11.3 Å². The molecule has 92 valence electrons. The van der Waals surface area contributed by atoms with Gasteiger partial charge in [-0.2, -0.15) is 0 Å². The summed E-state index contributed by atoms with van der Waals surface area (Å²) >= 11 is 0. The Bertz CT molecular complexity index is 435. The van der Waals surface area contributed by atoms with Crippen LogP contribution in [0.25, 0.3) is 0 Å². The highest BCUT2D eigenvalue weighted by Gasteiger charge is 2.16. The number of nitrogens with zero attached hydrogens (tertiary/aromatic N) is 2. The second kappa shape index (κ2) is 5.75. The molecule has 0 aliphatic heterocycles. The summed E-state index contributed by atoms with van der Waals surface area (Å²) in [6.07, 6.45) is 1.09. The van der Waals surface area contributed by atoms with Gasteiger partial charge in [0.15, 0.2) is 6.20 Å². The van der Waals surface area contributed by atoms with Crippen LogP contribution < -0.4 is 11.1 Å². The Balaban J connectivity index is 2.84. The van der Waals surface area contributed by atoms with Gasteiger partial charge in [0.2, 0.25) is 0 Å². The van der Waals surface area contributed by atoms with Gasteiger partial charge in [-0.3, -0.25) is 4.79 Å². The number of nitro groups is 1. The van der Waals surface area contributed by atoms with Crippen LogP contribution >= 0.6 is 0 Å². The van der Waals surface area contributed by atoms with Crippen LogP contribution in [0.5, 0.6) is 0 Å². The van der Waals surface area contributed by atoms with Crippen LogP contribution in [0.1, 0.15) is 10.4 Å². The molecule has 1 amide bonds. The zero-order valence-electron chi connectivity index (χ0n) is 9.17. The third-order valence-electron chi connectivity index (χ3n) is 1.94. The summed E-state index contributed by atoms with van der Waals surface area (Å²) in [4.78, 5) is 24.9. The van der Waals surface area contributed by atoms with Crippen molar-refractivity contribution in [1.29, 1.82) is 0 Å². The van der Waals surface area contributed by atoms with Gasteiger partial charge in [0.05, 0.1) is 23.9 Å². The number of nitrogens with two attached hydrogens (primary N) is 1. The van der Waals surface area contributed by atoms with Gasteiger partial charge < -0.3 is 25.9 Å². The van der Waals surface area contributed by atoms with E-state index in [1.54, 1.807) is 0 Å². The number of hydrogen-bond acceptors (Lipinski definition) is 6. The fraction of sp³-hybridized carbons (Fsp3) is 0.333. The van der Waals surface area contributed by atoms with E-state index in [1.165, 1.54) is 7.11 Å². The van der Waals surface area contributed by atoms with Crippen LogP contribution in [-0.4, -0.2) is 36.1 Å². The number of aromatic nitrogens is 1. The van der Waals surface area contributed by atoms with Crippen molar-refractivity contribution in [1.82, 2.24) is 10.3 Å². The fourth-order valence-corrected chi connectivity index (χ4v) is 1.11. The lowest BCUT2D eigenvalue weighted by molar-refractivity contribution is -0.389. The number of ether oxygens (including phenoxy) is 1. The molecule has 0 radical (unpaired) electrons. The Labute approximate surface area is 96.9 Å². The molecule has 1 aromatic rings. The zero-order chi connectivity index (χ0) is 12.8. The number of amides is 1. The number of nitrogen functional groups attached to an aromatic ring is 1. The Morgan fingerprint density at radius 3 is 3.00 bits per heavy atom. The van der Waals surface area contributed by atoms with Gasteiger partial charge in [0, 0.05) is 13.7 Å². The lowest BCUT2D eigenvalue weighted by Gasteiger charge is -2.05. The smallest absolute Gasteiger partial charge is 0.364 e. The minimum absolute atomic E-state index is 0.0304. The average molecular weight is 240 g/mol. The highest BCUT2D eigenvalue weighted by atomic mass is 16.6. The summed E-state index contributed by atoms with van der Waals surface area (Å²) < 4.78 is 4.75. The molecule has 0 unspecified atom stereocenters. The van der Waals surface area contributed by atoms with Crippen molar-refractivity contribution in [2.24, 2.45) is 0 Å². The van der Waals surface area contributed by atoms with Crippen LogP contribution in [0.2, 0.25) is 0 Å². The van der Waals surface area contributed by atoms with Gasteiger partial charge >= 0.3 is 5.82 Å². The van der Waals surface area contributed by atoms with Crippen LogP contribution in [0.15, 0.2) is 12.3 Å². The van der Waals surface area contributed by atoms with Crippen LogP contribution in [0, 0.1) is 10.1 Å². The maximum atomic E-state index is 11.6. The van der Waals surface area contributed by atoms with E-state index in [0.717, 1.165) is 12.3 Å². The third kappa shape index (κ3) is 3.38. The molecule has 8 nitrogen and oxygen atoms in total. The van der Waals surface area contributed by atoms with Crippen molar-refractivity contribution in [3.8, 4) is 0 Å². The third-order valence-corrected chi connectivity index (χ3v) is 1.94. The fourth-order valence-electron chi connectivity index (χ4n) is 1.11. The number of pyridine rings is 1. The molecular weight excluding hydrogens is 228 g/mol. The molecule has 0 bridgehead atoms. The zero-order valence-corrected chi connectivity index (χ0v) is 9.17. The Morgan fingerprint density at radius 2 is 2.41 bits per heavy atom. The van der Waals surface area contributed by atoms with E-state index in [2.05, 4.69) is 10.3 Å². The molecule has 0 spiro atoms. The highest BCUT2D eigenvalue weighted by Crippen LogP contribution is 2.16. The number of nitrogens with one attached hydrogen (secondary N) is 1. The Kier molecular flexibility index (Phi) is 4.35. The van der Waals surface area contributed by atoms with Gasteiger partial charge in [-0.15, -0.1) is 0 Å². The Morgan fingerprint density at radius 1 is 1.71 bits per heavy atom. The summed E-state index contributed by atoms with van der Waals surface area (Å²) in [6.45, 7) is 0.643. The lowest BCUT2D eigenvalue weighted by Crippen LogP contribution is -2.27. The van der Waals surface area contributed by atoms with Crippen LogP contribution in [-0.2, 0) is 4.74 Å². The number of carbonyl (C=O) groups is 1. The summed E-state index contributed by atoms with van der Waals surface area (Å²) in [5.74, 6) is -0.916. The quantitative estimate of drug-likeness (QED) is 0.423. The van der Waals surface area contributed by atoms with E-state index in [4.69, 9.17) is 10.5 Å². The first-order valence-electron chi connectivity index (χ1n) is 4.73. The number of rotatable bonds is 5. The molecular formula is C9H12N4O4. The number of anilines is 1. The molecule has 0 aromatic carbocycles. The van der Waals surface area contributed by atoms with E-state index in [1.807, 2.05) is 0 Å². The second-order valence-electron chi connectivity index (χ2n) is 3.14. The molecule has 0 saturated heterocycles. The van der Waals surface area contributed by atoms with Crippen molar-refractivity contribution in [2.75, 3.05) is 26.0 Å². The van der Waals surface area contributed by atoms with Gasteiger partial charge in [-0.1, -0.05) is 0 Å². The SMILES string of the molecule is COCCNC(=O)c1cc([N+](=O)[O-])ncc1N. The molecule has 1 rings (SSSR count). The molecule has 0 aliphatic rings. The first-order valence-corrected chi connectivity index (χ1v) is 4.73. The molecule has 17 heavy (non-hydrogen) atoms. The van der Waals surface area contributed by atoms with Gasteiger partial charge in [0.25, 0.3) is 5.91 Å². The molecule has 0 fully saturated rings. The molecule has 1 heterocycles. The minimum atomic E-state index is -0.689. The minimum Gasteiger partial charge on any atom is -0.395 e. The Hall–Kier alpha value is -2.22. The predicted molar refractivity (Wildman–Crippen MR) is 59.5 cm³/mol. The first kappa shape index (κ1) is 12.8. The van der Waals surface area contributed by atoms with Crippen molar-refractivity contribution in [3.63, 3.8) is 0 Å². The molecule has 0 aliphatic carbocycles. The largest absolute Gasteiger partial charge is 0.395 e. The molecule has 0 saturated carbocycles. The number of carbonyl (C=O) groups excluding carboxylic acids is 1. The van der Waals surface area contributed by atoms with Crippen molar-refractivity contribution < 1.29 is 14.5 Å². The molecule has 1 aromatic heterocycles. The first-order chi connectivity index (χ1) is 8.06. The molecule has 3 N–H and O–H groups in total. The van der Waals surface area contributed by atoms with E-state index in [9.17, 15) is 14.9 Å². The second-order valence-corrected chi connectivity index (χ2v) is 3.14. The van der Waals surface area contributed by atoms with E-state index < -0.39 is 16.6 Å². The number of methoxy groups -OCH3 is 1. The van der Waals surface area contributed by atoms with Crippen molar-refractivity contribution in [2.45, 2.75) is 0 Å². The lowest BCUT2D eigenvalue weighted by atomic mass is 10.2. The van der Waals surface area contributed by atoms with Crippen molar-refractivity contribution in [3.05, 3.63) is 27.9 Å².